The van der Waals surface area contributed by atoms with E-state index >= 15 is 0 Å². The maximum atomic E-state index is 9.54. The second-order valence-corrected chi connectivity index (χ2v) is 7.72. The molecule has 2 nitrogen and oxygen atoms in total. The Morgan fingerprint density at radius 1 is 1.25 bits per heavy atom. The smallest absolute Gasteiger partial charge is 0.108 e. The van der Waals surface area contributed by atoms with E-state index < -0.39 is 0 Å². The number of rotatable bonds is 4. The van der Waals surface area contributed by atoms with E-state index in [4.69, 9.17) is 0 Å². The molecule has 0 bridgehead atoms. The van der Waals surface area contributed by atoms with Crippen LogP contribution >= 0.6 is 11.8 Å². The zero-order valence-electron chi connectivity index (χ0n) is 12.3. The summed E-state index contributed by atoms with van der Waals surface area (Å²) in [5.74, 6) is 0. The first-order valence-corrected chi connectivity index (χ1v) is 8.41. The summed E-state index contributed by atoms with van der Waals surface area (Å²) in [6.45, 7) is 4.32. The molecule has 0 spiro atoms. The molecule has 20 heavy (non-hydrogen) atoms. The van der Waals surface area contributed by atoms with E-state index in [-0.39, 0.29) is 5.54 Å². The number of nitriles is 1. The van der Waals surface area contributed by atoms with Gasteiger partial charge < -0.3 is 0 Å². The van der Waals surface area contributed by atoms with Crippen molar-refractivity contribution in [3.05, 3.63) is 29.3 Å². The Morgan fingerprint density at radius 3 is 2.70 bits per heavy atom. The van der Waals surface area contributed by atoms with Gasteiger partial charge in [-0.15, -0.1) is 11.8 Å². The van der Waals surface area contributed by atoms with Crippen LogP contribution in [0.3, 0.4) is 0 Å². The van der Waals surface area contributed by atoms with Crippen molar-refractivity contribution in [3.63, 3.8) is 0 Å². The van der Waals surface area contributed by atoms with E-state index in [0.717, 1.165) is 19.3 Å². The van der Waals surface area contributed by atoms with Crippen molar-refractivity contribution >= 4 is 11.8 Å². The number of aryl methyl sites for hydroxylation is 2. The van der Waals surface area contributed by atoms with Gasteiger partial charge in [-0.3, -0.25) is 5.32 Å². The zero-order valence-corrected chi connectivity index (χ0v) is 13.1. The lowest BCUT2D eigenvalue weighted by molar-refractivity contribution is 0.420. The van der Waals surface area contributed by atoms with Crippen LogP contribution in [0.2, 0.25) is 0 Å². The van der Waals surface area contributed by atoms with E-state index in [0.29, 0.717) is 11.3 Å². The molecule has 0 saturated heterocycles. The monoisotopic (exact) mass is 286 g/mol. The SMILES string of the molecule is Cc1ccc(SC2CCC(C#N)(NC3CC3)C2)cc1C. The number of hydrogen-bond donors (Lipinski definition) is 1. The third-order valence-electron chi connectivity index (χ3n) is 4.52. The molecule has 2 unspecified atom stereocenters. The second kappa shape index (κ2) is 5.42. The summed E-state index contributed by atoms with van der Waals surface area (Å²) >= 11 is 1.95. The Kier molecular flexibility index (Phi) is 3.79. The predicted octanol–water partition coefficient (Wildman–Crippen LogP) is 3.96. The summed E-state index contributed by atoms with van der Waals surface area (Å²) in [6, 6.07) is 9.87. The Bertz CT molecular complexity index is 544. The largest absolute Gasteiger partial charge is 0.297 e. The second-order valence-electron chi connectivity index (χ2n) is 6.34. The Labute approximate surface area is 125 Å². The standard InChI is InChI=1S/C17H22N2S/c1-12-3-6-15(9-13(12)2)20-16-7-8-17(10-16,11-18)19-14-4-5-14/h3,6,9,14,16,19H,4-5,7-8,10H2,1-2H3. The van der Waals surface area contributed by atoms with Crippen LogP contribution in [-0.4, -0.2) is 16.8 Å². The van der Waals surface area contributed by atoms with Crippen LogP contribution in [0.15, 0.2) is 23.1 Å². The van der Waals surface area contributed by atoms with Gasteiger partial charge in [-0.1, -0.05) is 6.07 Å². The van der Waals surface area contributed by atoms with Crippen molar-refractivity contribution in [3.8, 4) is 6.07 Å². The first kappa shape index (κ1) is 14.0. The van der Waals surface area contributed by atoms with Gasteiger partial charge >= 0.3 is 0 Å². The molecule has 0 aromatic heterocycles. The zero-order chi connectivity index (χ0) is 14.2. The highest BCUT2D eigenvalue weighted by molar-refractivity contribution is 8.00. The molecule has 1 N–H and O–H groups in total. The molecular weight excluding hydrogens is 264 g/mol. The first-order valence-electron chi connectivity index (χ1n) is 7.53. The van der Waals surface area contributed by atoms with Crippen LogP contribution < -0.4 is 5.32 Å². The third kappa shape index (κ3) is 3.02. The molecule has 2 aliphatic rings. The van der Waals surface area contributed by atoms with Crippen LogP contribution in [0.1, 0.15) is 43.2 Å². The summed E-state index contributed by atoms with van der Waals surface area (Å²) in [4.78, 5) is 1.35. The Balaban J connectivity index is 1.64. The van der Waals surface area contributed by atoms with Crippen LogP contribution in [0, 0.1) is 25.2 Å². The molecule has 0 heterocycles. The highest BCUT2D eigenvalue weighted by atomic mass is 32.2. The van der Waals surface area contributed by atoms with Gasteiger partial charge in [0.05, 0.1) is 6.07 Å². The van der Waals surface area contributed by atoms with Crippen molar-refractivity contribution in [2.45, 2.75) is 67.7 Å². The summed E-state index contributed by atoms with van der Waals surface area (Å²) in [7, 11) is 0. The van der Waals surface area contributed by atoms with Crippen molar-refractivity contribution < 1.29 is 0 Å². The number of nitrogens with zero attached hydrogens (tertiary/aromatic N) is 1. The molecule has 0 aliphatic heterocycles. The van der Waals surface area contributed by atoms with Crippen LogP contribution in [0.25, 0.3) is 0 Å². The van der Waals surface area contributed by atoms with Crippen molar-refractivity contribution in [1.82, 2.24) is 5.32 Å². The lowest BCUT2D eigenvalue weighted by Crippen LogP contribution is -2.43. The van der Waals surface area contributed by atoms with Gasteiger partial charge in [0, 0.05) is 16.2 Å². The minimum atomic E-state index is -0.251. The average molecular weight is 286 g/mol. The van der Waals surface area contributed by atoms with E-state index in [2.05, 4.69) is 43.4 Å². The molecule has 2 saturated carbocycles. The minimum absolute atomic E-state index is 0.251. The van der Waals surface area contributed by atoms with Crippen LogP contribution in [0.5, 0.6) is 0 Å². The summed E-state index contributed by atoms with van der Waals surface area (Å²) in [5.41, 5.74) is 2.46. The summed E-state index contributed by atoms with van der Waals surface area (Å²) < 4.78 is 0. The van der Waals surface area contributed by atoms with E-state index in [9.17, 15) is 5.26 Å². The van der Waals surface area contributed by atoms with Gasteiger partial charge in [-0.2, -0.15) is 5.26 Å². The number of nitrogens with one attached hydrogen (secondary N) is 1. The van der Waals surface area contributed by atoms with Crippen molar-refractivity contribution in [2.75, 3.05) is 0 Å². The molecule has 2 atom stereocenters. The molecule has 0 radical (unpaired) electrons. The van der Waals surface area contributed by atoms with E-state index in [1.54, 1.807) is 0 Å². The average Bonchev–Trinajstić information content (AvgIpc) is 3.15. The van der Waals surface area contributed by atoms with Crippen molar-refractivity contribution in [2.24, 2.45) is 0 Å². The van der Waals surface area contributed by atoms with Gasteiger partial charge in [0.15, 0.2) is 0 Å². The molecule has 0 amide bonds. The summed E-state index contributed by atoms with van der Waals surface area (Å²) in [5, 5.41) is 13.7. The topological polar surface area (TPSA) is 35.8 Å². The number of thioether (sulfide) groups is 1. The first-order chi connectivity index (χ1) is 9.60. The van der Waals surface area contributed by atoms with E-state index in [1.165, 1.54) is 28.9 Å². The lowest BCUT2D eigenvalue weighted by Gasteiger charge is -2.22. The normalized spacial score (nSPS) is 29.4. The lowest BCUT2D eigenvalue weighted by atomic mass is 10.00. The van der Waals surface area contributed by atoms with Crippen LogP contribution in [0.4, 0.5) is 0 Å². The van der Waals surface area contributed by atoms with E-state index in [1.807, 2.05) is 11.8 Å². The predicted molar refractivity (Wildman–Crippen MR) is 83.9 cm³/mol. The Hall–Kier alpha value is -0.980. The maximum absolute atomic E-state index is 9.54. The third-order valence-corrected chi connectivity index (χ3v) is 5.78. The number of benzene rings is 1. The van der Waals surface area contributed by atoms with Gasteiger partial charge in [0.2, 0.25) is 0 Å². The van der Waals surface area contributed by atoms with Gasteiger partial charge in [-0.25, -0.2) is 0 Å². The fraction of sp³-hybridized carbons (Fsp3) is 0.588. The molecule has 3 heteroatoms. The molecular formula is C17H22N2S. The fourth-order valence-corrected chi connectivity index (χ4v) is 4.34. The molecule has 106 valence electrons. The molecule has 2 fully saturated rings. The van der Waals surface area contributed by atoms with Gasteiger partial charge in [0.25, 0.3) is 0 Å². The number of hydrogen-bond acceptors (Lipinski definition) is 3. The highest BCUT2D eigenvalue weighted by Crippen LogP contribution is 2.41. The highest BCUT2D eigenvalue weighted by Gasteiger charge is 2.43. The fourth-order valence-electron chi connectivity index (χ4n) is 2.96. The molecule has 1 aromatic carbocycles. The van der Waals surface area contributed by atoms with Gasteiger partial charge in [0.1, 0.15) is 5.54 Å². The molecule has 2 aliphatic carbocycles. The molecule has 3 rings (SSSR count). The Morgan fingerprint density at radius 2 is 2.05 bits per heavy atom. The van der Waals surface area contributed by atoms with Crippen molar-refractivity contribution in [1.29, 1.82) is 5.26 Å². The quantitative estimate of drug-likeness (QED) is 0.910. The molecule has 1 aromatic rings. The maximum Gasteiger partial charge on any atom is 0.108 e. The van der Waals surface area contributed by atoms with Crippen LogP contribution in [-0.2, 0) is 0 Å². The summed E-state index contributed by atoms with van der Waals surface area (Å²) in [6.07, 6.45) is 5.63. The van der Waals surface area contributed by atoms with Gasteiger partial charge in [-0.05, 0) is 69.2 Å². The minimum Gasteiger partial charge on any atom is -0.297 e.